The van der Waals surface area contributed by atoms with Crippen LogP contribution in [-0.4, -0.2) is 56.7 Å². The lowest BCUT2D eigenvalue weighted by Crippen LogP contribution is -2.48. The average Bonchev–Trinajstić information content (AvgIpc) is 3.33. The van der Waals surface area contributed by atoms with Gasteiger partial charge >= 0.3 is 0 Å². The van der Waals surface area contributed by atoms with Crippen molar-refractivity contribution in [2.75, 3.05) is 31.1 Å². The van der Waals surface area contributed by atoms with E-state index in [9.17, 15) is 4.79 Å². The molecule has 0 spiro atoms. The third-order valence-corrected chi connectivity index (χ3v) is 5.96. The highest BCUT2D eigenvalue weighted by Gasteiger charge is 2.21. The van der Waals surface area contributed by atoms with Crippen LogP contribution in [0.2, 0.25) is 5.02 Å². The molecule has 1 aliphatic rings. The second kappa shape index (κ2) is 9.89. The summed E-state index contributed by atoms with van der Waals surface area (Å²) in [7, 11) is 0. The fourth-order valence-electron chi connectivity index (χ4n) is 3.90. The highest BCUT2D eigenvalue weighted by molar-refractivity contribution is 6.30. The molecule has 4 aromatic rings. The molecule has 3 heterocycles. The molecule has 0 atom stereocenters. The van der Waals surface area contributed by atoms with Crippen LogP contribution in [0.15, 0.2) is 85.3 Å². The van der Waals surface area contributed by atoms with Crippen LogP contribution in [0.1, 0.15) is 5.56 Å². The standard InChI is InChI=1S/C26H23ClN6O/c27-22-10-7-20(8-11-22)25-21(19-33(30-25)23-5-2-1-3-6-23)9-12-24(34)31-15-17-32(18-16-31)26-28-13-4-14-29-26/h1-14,19H,15-18H2/b12-9+. The van der Waals surface area contributed by atoms with Crippen molar-refractivity contribution in [1.29, 1.82) is 0 Å². The van der Waals surface area contributed by atoms with Crippen molar-refractivity contribution in [2.24, 2.45) is 0 Å². The van der Waals surface area contributed by atoms with Gasteiger partial charge in [0, 0.05) is 67.0 Å². The number of carbonyl (C=O) groups excluding carboxylic acids is 1. The quantitative estimate of drug-likeness (QED) is 0.406. The van der Waals surface area contributed by atoms with Crippen LogP contribution >= 0.6 is 11.6 Å². The third kappa shape index (κ3) is 4.84. The number of benzene rings is 2. The van der Waals surface area contributed by atoms with E-state index in [4.69, 9.17) is 16.7 Å². The first-order valence-corrected chi connectivity index (χ1v) is 11.5. The topological polar surface area (TPSA) is 67.2 Å². The van der Waals surface area contributed by atoms with Crippen LogP contribution in [0.4, 0.5) is 5.95 Å². The zero-order valence-electron chi connectivity index (χ0n) is 18.5. The molecule has 0 aliphatic carbocycles. The molecular weight excluding hydrogens is 448 g/mol. The van der Waals surface area contributed by atoms with Gasteiger partial charge < -0.3 is 9.80 Å². The van der Waals surface area contributed by atoms with Crippen molar-refractivity contribution >= 4 is 29.5 Å². The monoisotopic (exact) mass is 470 g/mol. The number of carbonyl (C=O) groups is 1. The Bertz CT molecular complexity index is 1280. The summed E-state index contributed by atoms with van der Waals surface area (Å²) in [5.41, 5.74) is 3.53. The van der Waals surface area contributed by atoms with Crippen molar-refractivity contribution in [1.82, 2.24) is 24.6 Å². The van der Waals surface area contributed by atoms with Gasteiger partial charge in [-0.15, -0.1) is 0 Å². The number of nitrogens with zero attached hydrogens (tertiary/aromatic N) is 6. The predicted octanol–water partition coefficient (Wildman–Crippen LogP) is 4.34. The molecule has 0 radical (unpaired) electrons. The molecule has 0 N–H and O–H groups in total. The minimum atomic E-state index is -0.0249. The number of piperazine rings is 1. The van der Waals surface area contributed by atoms with E-state index in [-0.39, 0.29) is 5.91 Å². The Labute approximate surface area is 202 Å². The van der Waals surface area contributed by atoms with Gasteiger partial charge in [0.15, 0.2) is 0 Å². The van der Waals surface area contributed by atoms with Gasteiger partial charge in [0.1, 0.15) is 0 Å². The van der Waals surface area contributed by atoms with E-state index in [1.165, 1.54) is 0 Å². The van der Waals surface area contributed by atoms with Crippen molar-refractivity contribution in [3.05, 3.63) is 95.9 Å². The van der Waals surface area contributed by atoms with Crippen LogP contribution in [0.3, 0.4) is 0 Å². The smallest absolute Gasteiger partial charge is 0.246 e. The van der Waals surface area contributed by atoms with Gasteiger partial charge in [-0.2, -0.15) is 5.10 Å². The van der Waals surface area contributed by atoms with E-state index in [0.29, 0.717) is 37.1 Å². The molecular formula is C26H23ClN6O. The van der Waals surface area contributed by atoms with Gasteiger partial charge in [-0.25, -0.2) is 14.6 Å². The average molecular weight is 471 g/mol. The molecule has 1 amide bonds. The van der Waals surface area contributed by atoms with E-state index in [1.54, 1.807) is 24.5 Å². The Balaban J connectivity index is 1.34. The SMILES string of the molecule is O=C(/C=C/c1cn(-c2ccccc2)nc1-c1ccc(Cl)cc1)N1CCN(c2ncccn2)CC1. The van der Waals surface area contributed by atoms with E-state index < -0.39 is 0 Å². The molecule has 0 saturated carbocycles. The highest BCUT2D eigenvalue weighted by atomic mass is 35.5. The Morgan fingerprint density at radius 2 is 1.59 bits per heavy atom. The van der Waals surface area contributed by atoms with Gasteiger partial charge in [0.05, 0.1) is 11.4 Å². The Morgan fingerprint density at radius 3 is 2.29 bits per heavy atom. The first-order chi connectivity index (χ1) is 16.7. The Morgan fingerprint density at radius 1 is 0.882 bits per heavy atom. The number of hydrogen-bond acceptors (Lipinski definition) is 5. The van der Waals surface area contributed by atoms with E-state index >= 15 is 0 Å². The third-order valence-electron chi connectivity index (χ3n) is 5.71. The number of rotatable bonds is 5. The number of aromatic nitrogens is 4. The number of para-hydroxylation sites is 1. The lowest BCUT2D eigenvalue weighted by atomic mass is 10.1. The summed E-state index contributed by atoms with van der Waals surface area (Å²) in [6.45, 7) is 2.64. The molecule has 34 heavy (non-hydrogen) atoms. The summed E-state index contributed by atoms with van der Waals surface area (Å²) in [5, 5.41) is 5.46. The van der Waals surface area contributed by atoms with Crippen molar-refractivity contribution in [3.8, 4) is 16.9 Å². The molecule has 1 aliphatic heterocycles. The normalized spacial score (nSPS) is 14.0. The van der Waals surface area contributed by atoms with Crippen LogP contribution in [0, 0.1) is 0 Å². The van der Waals surface area contributed by atoms with Crippen molar-refractivity contribution < 1.29 is 4.79 Å². The maximum absolute atomic E-state index is 12.9. The first-order valence-electron chi connectivity index (χ1n) is 11.1. The molecule has 2 aromatic heterocycles. The van der Waals surface area contributed by atoms with Crippen LogP contribution < -0.4 is 4.90 Å². The molecule has 1 saturated heterocycles. The van der Waals surface area contributed by atoms with E-state index in [1.807, 2.05) is 76.5 Å². The number of anilines is 1. The molecule has 2 aromatic carbocycles. The molecule has 0 unspecified atom stereocenters. The zero-order valence-corrected chi connectivity index (χ0v) is 19.2. The summed E-state index contributed by atoms with van der Waals surface area (Å²) in [6.07, 6.45) is 8.87. The zero-order chi connectivity index (χ0) is 23.3. The summed E-state index contributed by atoms with van der Waals surface area (Å²) in [4.78, 5) is 25.5. The van der Waals surface area contributed by atoms with Gasteiger partial charge in [-0.05, 0) is 36.4 Å². The second-order valence-corrected chi connectivity index (χ2v) is 8.35. The lowest BCUT2D eigenvalue weighted by molar-refractivity contribution is -0.126. The first kappa shape index (κ1) is 21.9. The fourth-order valence-corrected chi connectivity index (χ4v) is 4.03. The second-order valence-electron chi connectivity index (χ2n) is 7.91. The Hall–Kier alpha value is -3.97. The van der Waals surface area contributed by atoms with Gasteiger partial charge in [0.2, 0.25) is 11.9 Å². The van der Waals surface area contributed by atoms with Crippen molar-refractivity contribution in [2.45, 2.75) is 0 Å². The fraction of sp³-hybridized carbons (Fsp3) is 0.154. The maximum atomic E-state index is 12.9. The number of amides is 1. The number of hydrogen-bond donors (Lipinski definition) is 0. The number of halogens is 1. The molecule has 0 bridgehead atoms. The van der Waals surface area contributed by atoms with Crippen LogP contribution in [0.25, 0.3) is 23.0 Å². The minimum Gasteiger partial charge on any atom is -0.337 e. The van der Waals surface area contributed by atoms with E-state index in [0.717, 1.165) is 22.5 Å². The molecule has 1 fully saturated rings. The van der Waals surface area contributed by atoms with Gasteiger partial charge in [0.25, 0.3) is 0 Å². The lowest BCUT2D eigenvalue weighted by Gasteiger charge is -2.34. The summed E-state index contributed by atoms with van der Waals surface area (Å²) in [6, 6.07) is 19.2. The molecule has 170 valence electrons. The van der Waals surface area contributed by atoms with E-state index in [2.05, 4.69) is 14.9 Å². The minimum absolute atomic E-state index is 0.0249. The summed E-state index contributed by atoms with van der Waals surface area (Å²) >= 11 is 6.08. The Kier molecular flexibility index (Phi) is 6.35. The maximum Gasteiger partial charge on any atom is 0.246 e. The highest BCUT2D eigenvalue weighted by Crippen LogP contribution is 2.26. The van der Waals surface area contributed by atoms with Gasteiger partial charge in [-0.3, -0.25) is 4.79 Å². The van der Waals surface area contributed by atoms with Crippen LogP contribution in [-0.2, 0) is 4.79 Å². The largest absolute Gasteiger partial charge is 0.337 e. The van der Waals surface area contributed by atoms with Gasteiger partial charge in [-0.1, -0.05) is 41.9 Å². The summed E-state index contributed by atoms with van der Waals surface area (Å²) < 4.78 is 1.83. The van der Waals surface area contributed by atoms with Crippen molar-refractivity contribution in [3.63, 3.8) is 0 Å². The van der Waals surface area contributed by atoms with Crippen LogP contribution in [0.5, 0.6) is 0 Å². The molecule has 7 nitrogen and oxygen atoms in total. The molecule has 5 rings (SSSR count). The summed E-state index contributed by atoms with van der Waals surface area (Å²) in [5.74, 6) is 0.675. The molecule has 8 heteroatoms. The predicted molar refractivity (Wildman–Crippen MR) is 134 cm³/mol.